The smallest absolute Gasteiger partial charge is 0.294 e. The third kappa shape index (κ3) is 7.10. The number of fused-ring (bicyclic) bond motifs is 2. The van der Waals surface area contributed by atoms with Crippen molar-refractivity contribution in [1.29, 1.82) is 0 Å². The summed E-state index contributed by atoms with van der Waals surface area (Å²) in [6.45, 7) is 8.41. The van der Waals surface area contributed by atoms with Gasteiger partial charge < -0.3 is 9.45 Å². The number of hydrogen-bond donors (Lipinski definition) is 2. The van der Waals surface area contributed by atoms with E-state index in [2.05, 4.69) is 13.8 Å². The number of anilines is 1. The molecule has 234 valence electrons. The lowest BCUT2D eigenvalue weighted by atomic mass is 9.81. The van der Waals surface area contributed by atoms with Gasteiger partial charge in [0.25, 0.3) is 20.2 Å². The molecule has 2 aliphatic heterocycles. The van der Waals surface area contributed by atoms with Gasteiger partial charge in [-0.25, -0.2) is 8.42 Å². The summed E-state index contributed by atoms with van der Waals surface area (Å²) in [5, 5.41) is 0. The molecule has 0 saturated heterocycles. The normalized spacial score (nSPS) is 19.0. The van der Waals surface area contributed by atoms with Gasteiger partial charge in [0.2, 0.25) is 5.69 Å². The highest BCUT2D eigenvalue weighted by Gasteiger charge is 2.44. The number of allylic oxidation sites excluding steroid dienone is 4. The monoisotopic (exact) mass is 652 g/mol. The number of rotatable bonds is 11. The Morgan fingerprint density at radius 2 is 1.56 bits per heavy atom. The summed E-state index contributed by atoms with van der Waals surface area (Å²) in [4.78, 5) is 1.61. The van der Waals surface area contributed by atoms with Gasteiger partial charge in [0.1, 0.15) is 6.54 Å². The Labute approximate surface area is 253 Å². The fourth-order valence-electron chi connectivity index (χ4n) is 5.97. The van der Waals surface area contributed by atoms with E-state index < -0.39 is 52.7 Å². The lowest BCUT2D eigenvalue weighted by Crippen LogP contribution is -2.29. The van der Waals surface area contributed by atoms with Crippen molar-refractivity contribution in [3.05, 3.63) is 77.5 Å². The van der Waals surface area contributed by atoms with Crippen LogP contribution in [0.1, 0.15) is 51.7 Å². The van der Waals surface area contributed by atoms with Crippen LogP contribution < -0.4 is 4.90 Å². The maximum Gasteiger partial charge on any atom is 0.294 e. The first kappa shape index (κ1) is 33.0. The molecule has 0 bridgehead atoms. The summed E-state index contributed by atoms with van der Waals surface area (Å²) >= 11 is 0. The van der Waals surface area contributed by atoms with Crippen LogP contribution in [0.4, 0.5) is 11.4 Å². The van der Waals surface area contributed by atoms with Crippen molar-refractivity contribution in [3.8, 4) is 0 Å². The van der Waals surface area contributed by atoms with E-state index in [1.54, 1.807) is 6.07 Å². The van der Waals surface area contributed by atoms with Crippen LogP contribution in [-0.2, 0) is 41.2 Å². The standard InChI is InChI=1S/C29H36N2O9S3/c1-28(2)22-10-5-6-11-24(22)30(16-8-18-41(32,33)34)26(28)12-7-13-27-29(3,4)23-20-21(43(38,39)40)14-15-25(23)31(27)17-9-19-42(35,36)37/h5-7,10-15,20H,8-9,16-19H2,1-4H3,(H2-,32,33,34,35,36,37,38,39,40). The number of benzene rings is 2. The third-order valence-electron chi connectivity index (χ3n) is 8.03. The Bertz CT molecular complexity index is 1860. The van der Waals surface area contributed by atoms with E-state index in [9.17, 15) is 38.9 Å². The lowest BCUT2D eigenvalue weighted by Gasteiger charge is -2.27. The minimum Gasteiger partial charge on any atom is -0.748 e. The highest BCUT2D eigenvalue weighted by molar-refractivity contribution is 7.86. The predicted octanol–water partition coefficient (Wildman–Crippen LogP) is 3.76. The average molecular weight is 653 g/mol. The molecule has 2 N–H and O–H groups in total. The van der Waals surface area contributed by atoms with Crippen molar-refractivity contribution in [2.75, 3.05) is 29.5 Å². The molecule has 43 heavy (non-hydrogen) atoms. The van der Waals surface area contributed by atoms with E-state index in [4.69, 9.17) is 0 Å². The van der Waals surface area contributed by atoms with Gasteiger partial charge in [0.05, 0.1) is 26.2 Å². The summed E-state index contributed by atoms with van der Waals surface area (Å²) in [5.74, 6) is -0.937. The SMILES string of the molecule is CC1(C)C(/C=C/C=C2/N(CCCS(=O)(=O)O)c3ccc(S(=O)(=O)O)cc3C2(C)C)=[N+](CCCS(=O)(=O)[O-])c2ccccc21. The van der Waals surface area contributed by atoms with Gasteiger partial charge in [0.15, 0.2) is 5.71 Å². The van der Waals surface area contributed by atoms with Crippen LogP contribution in [0.2, 0.25) is 0 Å². The first-order valence-corrected chi connectivity index (χ1v) is 18.3. The van der Waals surface area contributed by atoms with Crippen LogP contribution in [0.15, 0.2) is 71.3 Å². The van der Waals surface area contributed by atoms with Crippen LogP contribution in [-0.4, -0.2) is 73.8 Å². The van der Waals surface area contributed by atoms with Crippen LogP contribution >= 0.6 is 0 Å². The molecule has 2 aromatic carbocycles. The summed E-state index contributed by atoms with van der Waals surface area (Å²) in [5.41, 5.74) is 3.65. The quantitative estimate of drug-likeness (QED) is 0.269. The van der Waals surface area contributed by atoms with Crippen molar-refractivity contribution in [2.24, 2.45) is 0 Å². The molecule has 0 unspecified atom stereocenters. The van der Waals surface area contributed by atoms with Crippen molar-refractivity contribution in [1.82, 2.24) is 0 Å². The fraction of sp³-hybridized carbons (Fsp3) is 0.414. The summed E-state index contributed by atoms with van der Waals surface area (Å²) in [7, 11) is -13.0. The van der Waals surface area contributed by atoms with Crippen LogP contribution in [0.3, 0.4) is 0 Å². The summed E-state index contributed by atoms with van der Waals surface area (Å²) in [6, 6.07) is 12.0. The zero-order valence-electron chi connectivity index (χ0n) is 24.4. The second-order valence-corrected chi connectivity index (χ2v) is 16.3. The zero-order chi connectivity index (χ0) is 32.0. The van der Waals surface area contributed by atoms with E-state index >= 15 is 0 Å². The topological polar surface area (TPSA) is 172 Å². The van der Waals surface area contributed by atoms with Gasteiger partial charge in [-0.05, 0) is 50.1 Å². The van der Waals surface area contributed by atoms with Gasteiger partial charge >= 0.3 is 0 Å². The molecule has 2 heterocycles. The summed E-state index contributed by atoms with van der Waals surface area (Å²) in [6.07, 6.45) is 5.85. The fourth-order valence-corrected chi connectivity index (χ4v) is 7.46. The molecule has 2 aliphatic rings. The lowest BCUT2D eigenvalue weighted by molar-refractivity contribution is -0.437. The first-order chi connectivity index (χ1) is 19.7. The van der Waals surface area contributed by atoms with Crippen LogP contribution in [0.5, 0.6) is 0 Å². The molecule has 2 aromatic rings. The van der Waals surface area contributed by atoms with E-state index in [1.807, 2.05) is 65.8 Å². The van der Waals surface area contributed by atoms with Crippen molar-refractivity contribution < 1.29 is 43.5 Å². The van der Waals surface area contributed by atoms with E-state index in [-0.39, 0.29) is 24.3 Å². The van der Waals surface area contributed by atoms with E-state index in [1.165, 1.54) is 12.1 Å². The second-order valence-electron chi connectivity index (χ2n) is 11.8. The maximum absolute atomic E-state index is 11.9. The van der Waals surface area contributed by atoms with E-state index in [0.29, 0.717) is 17.8 Å². The largest absolute Gasteiger partial charge is 0.748 e. The average Bonchev–Trinajstić information content (AvgIpc) is 3.21. The molecular formula is C29H36N2O9S3. The molecule has 4 rings (SSSR count). The molecule has 0 amide bonds. The van der Waals surface area contributed by atoms with Gasteiger partial charge in [-0.2, -0.15) is 21.4 Å². The van der Waals surface area contributed by atoms with Crippen LogP contribution in [0, 0.1) is 0 Å². The van der Waals surface area contributed by atoms with Crippen LogP contribution in [0.25, 0.3) is 0 Å². The Kier molecular flexibility index (Phi) is 8.88. The molecule has 14 heteroatoms. The Morgan fingerprint density at radius 3 is 2.19 bits per heavy atom. The van der Waals surface area contributed by atoms with Crippen molar-refractivity contribution >= 4 is 47.4 Å². The van der Waals surface area contributed by atoms with E-state index in [0.717, 1.165) is 22.7 Å². The molecular weight excluding hydrogens is 617 g/mol. The third-order valence-corrected chi connectivity index (χ3v) is 10.5. The Balaban J connectivity index is 1.77. The van der Waals surface area contributed by atoms with Crippen molar-refractivity contribution in [2.45, 2.75) is 56.3 Å². The molecule has 0 aromatic heterocycles. The minimum atomic E-state index is -4.47. The number of para-hydroxylation sites is 1. The number of nitrogens with zero attached hydrogens (tertiary/aromatic N) is 2. The van der Waals surface area contributed by atoms with Gasteiger partial charge in [-0.1, -0.05) is 38.1 Å². The zero-order valence-corrected chi connectivity index (χ0v) is 26.8. The maximum atomic E-state index is 11.9. The molecule has 0 aliphatic carbocycles. The van der Waals surface area contributed by atoms with Gasteiger partial charge in [-0.15, -0.1) is 0 Å². The van der Waals surface area contributed by atoms with Crippen molar-refractivity contribution in [3.63, 3.8) is 0 Å². The molecule has 0 atom stereocenters. The first-order valence-electron chi connectivity index (χ1n) is 13.6. The molecule has 0 radical (unpaired) electrons. The predicted molar refractivity (Wildman–Crippen MR) is 163 cm³/mol. The molecule has 0 spiro atoms. The van der Waals surface area contributed by atoms with Gasteiger partial charge in [-0.3, -0.25) is 9.11 Å². The highest BCUT2D eigenvalue weighted by Crippen LogP contribution is 2.48. The summed E-state index contributed by atoms with van der Waals surface area (Å²) < 4.78 is 101. The highest BCUT2D eigenvalue weighted by atomic mass is 32.2. The minimum absolute atomic E-state index is 0.103. The Hall–Kier alpha value is -2.88. The number of hydrogen-bond acceptors (Lipinski definition) is 8. The molecule has 0 fully saturated rings. The van der Waals surface area contributed by atoms with Gasteiger partial charge in [0, 0.05) is 53.2 Å². The molecule has 0 saturated carbocycles. The Morgan fingerprint density at radius 1 is 0.884 bits per heavy atom. The second kappa shape index (κ2) is 11.6. The molecule has 11 nitrogen and oxygen atoms in total.